The molecule has 0 bridgehead atoms. The third-order valence-electron chi connectivity index (χ3n) is 4.63. The third-order valence-corrected chi connectivity index (χ3v) is 4.93. The fraction of sp³-hybridized carbons (Fsp3) is 0.300. The lowest BCUT2D eigenvalue weighted by atomic mass is 10.1. The van der Waals surface area contributed by atoms with Crippen LogP contribution in [0.3, 0.4) is 0 Å². The summed E-state index contributed by atoms with van der Waals surface area (Å²) < 4.78 is 10.5. The minimum atomic E-state index is -0.455. The van der Waals surface area contributed by atoms with Gasteiger partial charge in [0.2, 0.25) is 11.8 Å². The number of para-hydroxylation sites is 1. The Balaban J connectivity index is 1.78. The van der Waals surface area contributed by atoms with Crippen molar-refractivity contribution < 1.29 is 19.1 Å². The Hall–Kier alpha value is -2.73. The lowest BCUT2D eigenvalue weighted by Crippen LogP contribution is -2.28. The van der Waals surface area contributed by atoms with Crippen molar-refractivity contribution in [2.75, 3.05) is 31.0 Å². The van der Waals surface area contributed by atoms with Crippen LogP contribution in [0.1, 0.15) is 12.0 Å². The highest BCUT2D eigenvalue weighted by Gasteiger charge is 2.36. The summed E-state index contributed by atoms with van der Waals surface area (Å²) in [5.41, 5.74) is 2.28. The number of benzene rings is 2. The summed E-state index contributed by atoms with van der Waals surface area (Å²) in [7, 11) is 2.99. The largest absolute Gasteiger partial charge is 0.495 e. The maximum Gasteiger partial charge on any atom is 0.229 e. The summed E-state index contributed by atoms with van der Waals surface area (Å²) in [5, 5.41) is 3.21. The van der Waals surface area contributed by atoms with Crippen molar-refractivity contribution in [3.8, 4) is 11.5 Å². The zero-order valence-electron chi connectivity index (χ0n) is 15.4. The van der Waals surface area contributed by atoms with Crippen LogP contribution in [0.2, 0.25) is 5.02 Å². The Kier molecular flexibility index (Phi) is 5.56. The standard InChI is InChI=1S/C20H21ClN2O4/c1-12-6-4-5-7-16(12)23-11-13(8-19(23)24)20(25)22-15-10-17(26-2)14(21)9-18(15)27-3/h4-7,9-10,13H,8,11H2,1-3H3,(H,22,25)/t13-/m0/s1. The van der Waals surface area contributed by atoms with Gasteiger partial charge < -0.3 is 19.7 Å². The summed E-state index contributed by atoms with van der Waals surface area (Å²) in [6.45, 7) is 2.28. The second-order valence-corrected chi connectivity index (χ2v) is 6.78. The molecular formula is C20H21ClN2O4. The van der Waals surface area contributed by atoms with Crippen LogP contribution < -0.4 is 19.7 Å². The number of hydrogen-bond donors (Lipinski definition) is 1. The van der Waals surface area contributed by atoms with Crippen LogP contribution in [0.15, 0.2) is 36.4 Å². The molecule has 1 N–H and O–H groups in total. The molecule has 1 saturated heterocycles. The molecule has 0 aromatic heterocycles. The first-order valence-corrected chi connectivity index (χ1v) is 8.90. The van der Waals surface area contributed by atoms with E-state index in [0.29, 0.717) is 28.8 Å². The van der Waals surface area contributed by atoms with Gasteiger partial charge in [-0.2, -0.15) is 0 Å². The number of carbonyl (C=O) groups is 2. The molecule has 7 heteroatoms. The van der Waals surface area contributed by atoms with Gasteiger partial charge in [0.05, 0.1) is 30.8 Å². The molecule has 2 aromatic carbocycles. The maximum absolute atomic E-state index is 12.8. The van der Waals surface area contributed by atoms with Crippen LogP contribution in [0.4, 0.5) is 11.4 Å². The predicted molar refractivity (Wildman–Crippen MR) is 105 cm³/mol. The van der Waals surface area contributed by atoms with Gasteiger partial charge in [0.1, 0.15) is 11.5 Å². The average molecular weight is 389 g/mol. The highest BCUT2D eigenvalue weighted by molar-refractivity contribution is 6.32. The smallest absolute Gasteiger partial charge is 0.229 e. The molecule has 0 unspecified atom stereocenters. The number of halogens is 1. The minimum absolute atomic E-state index is 0.0647. The van der Waals surface area contributed by atoms with Crippen molar-refractivity contribution in [1.29, 1.82) is 0 Å². The van der Waals surface area contributed by atoms with Crippen LogP contribution >= 0.6 is 11.6 Å². The van der Waals surface area contributed by atoms with Gasteiger partial charge in [0.25, 0.3) is 0 Å². The summed E-state index contributed by atoms with van der Waals surface area (Å²) >= 11 is 6.10. The van der Waals surface area contributed by atoms with E-state index in [0.717, 1.165) is 11.3 Å². The van der Waals surface area contributed by atoms with Gasteiger partial charge in [-0.1, -0.05) is 29.8 Å². The number of anilines is 2. The third kappa shape index (κ3) is 3.85. The highest BCUT2D eigenvalue weighted by atomic mass is 35.5. The molecule has 2 amide bonds. The zero-order valence-corrected chi connectivity index (χ0v) is 16.2. The monoisotopic (exact) mass is 388 g/mol. The molecule has 0 aliphatic carbocycles. The van der Waals surface area contributed by atoms with E-state index < -0.39 is 5.92 Å². The van der Waals surface area contributed by atoms with E-state index in [1.54, 1.807) is 17.0 Å². The predicted octanol–water partition coefficient (Wildman–Crippen LogP) is 3.66. The number of methoxy groups -OCH3 is 2. The Labute approximate surface area is 163 Å². The number of aryl methyl sites for hydroxylation is 1. The molecule has 0 saturated carbocycles. The number of carbonyl (C=O) groups excluding carboxylic acids is 2. The first kappa shape index (κ1) is 19.0. The SMILES string of the molecule is COc1cc(NC(=O)[C@H]2CC(=O)N(c3ccccc3C)C2)c(OC)cc1Cl. The Morgan fingerprint density at radius 1 is 1.19 bits per heavy atom. The Morgan fingerprint density at radius 3 is 2.56 bits per heavy atom. The molecule has 1 aliphatic heterocycles. The minimum Gasteiger partial charge on any atom is -0.495 e. The van der Waals surface area contributed by atoms with Gasteiger partial charge in [0, 0.05) is 30.8 Å². The van der Waals surface area contributed by atoms with Crippen molar-refractivity contribution in [3.05, 3.63) is 47.0 Å². The molecule has 1 atom stereocenters. The summed E-state index contributed by atoms with van der Waals surface area (Å²) in [5.74, 6) is 0.0849. The Morgan fingerprint density at radius 2 is 1.89 bits per heavy atom. The van der Waals surface area contributed by atoms with Crippen LogP contribution in [0.5, 0.6) is 11.5 Å². The van der Waals surface area contributed by atoms with E-state index >= 15 is 0 Å². The van der Waals surface area contributed by atoms with E-state index in [4.69, 9.17) is 21.1 Å². The molecule has 2 aromatic rings. The van der Waals surface area contributed by atoms with Gasteiger partial charge in [-0.05, 0) is 18.6 Å². The van der Waals surface area contributed by atoms with Crippen LogP contribution in [-0.2, 0) is 9.59 Å². The van der Waals surface area contributed by atoms with Crippen LogP contribution in [0.25, 0.3) is 0 Å². The summed E-state index contributed by atoms with van der Waals surface area (Å²) in [4.78, 5) is 26.9. The lowest BCUT2D eigenvalue weighted by molar-refractivity contribution is -0.122. The summed E-state index contributed by atoms with van der Waals surface area (Å²) in [6, 6.07) is 10.8. The molecule has 1 heterocycles. The first-order valence-electron chi connectivity index (χ1n) is 8.53. The molecule has 6 nitrogen and oxygen atoms in total. The van der Waals surface area contributed by atoms with Crippen molar-refractivity contribution in [3.63, 3.8) is 0 Å². The average Bonchev–Trinajstić information content (AvgIpc) is 3.04. The van der Waals surface area contributed by atoms with Gasteiger partial charge >= 0.3 is 0 Å². The first-order chi connectivity index (χ1) is 12.9. The lowest BCUT2D eigenvalue weighted by Gasteiger charge is -2.19. The van der Waals surface area contributed by atoms with Crippen LogP contribution in [-0.4, -0.2) is 32.6 Å². The quantitative estimate of drug-likeness (QED) is 0.848. The molecule has 3 rings (SSSR count). The number of nitrogens with zero attached hydrogens (tertiary/aromatic N) is 1. The highest BCUT2D eigenvalue weighted by Crippen LogP contribution is 2.36. The van der Waals surface area contributed by atoms with Gasteiger partial charge in [-0.3, -0.25) is 9.59 Å². The molecule has 1 fully saturated rings. The van der Waals surface area contributed by atoms with Crippen molar-refractivity contribution in [1.82, 2.24) is 0 Å². The van der Waals surface area contributed by atoms with Gasteiger partial charge in [0.15, 0.2) is 0 Å². The molecular weight excluding hydrogens is 368 g/mol. The van der Waals surface area contributed by atoms with Gasteiger partial charge in [-0.15, -0.1) is 0 Å². The van der Waals surface area contributed by atoms with Crippen molar-refractivity contribution >= 4 is 34.8 Å². The number of rotatable bonds is 5. The molecule has 27 heavy (non-hydrogen) atoms. The second-order valence-electron chi connectivity index (χ2n) is 6.37. The van der Waals surface area contributed by atoms with Crippen LogP contribution in [0, 0.1) is 12.8 Å². The van der Waals surface area contributed by atoms with E-state index in [1.807, 2.05) is 31.2 Å². The topological polar surface area (TPSA) is 67.9 Å². The van der Waals surface area contributed by atoms with Crippen molar-refractivity contribution in [2.24, 2.45) is 5.92 Å². The summed E-state index contributed by atoms with van der Waals surface area (Å²) in [6.07, 6.45) is 0.160. The fourth-order valence-corrected chi connectivity index (χ4v) is 3.41. The zero-order chi connectivity index (χ0) is 19.6. The number of nitrogens with one attached hydrogen (secondary N) is 1. The fourth-order valence-electron chi connectivity index (χ4n) is 3.18. The maximum atomic E-state index is 12.8. The molecule has 0 radical (unpaired) electrons. The normalized spacial score (nSPS) is 16.4. The van der Waals surface area contributed by atoms with Gasteiger partial charge in [-0.25, -0.2) is 0 Å². The number of hydrogen-bond acceptors (Lipinski definition) is 4. The van der Waals surface area contributed by atoms with Crippen molar-refractivity contribution in [2.45, 2.75) is 13.3 Å². The second kappa shape index (κ2) is 7.88. The number of ether oxygens (including phenoxy) is 2. The molecule has 0 spiro atoms. The number of amides is 2. The van der Waals surface area contributed by atoms with E-state index in [1.165, 1.54) is 14.2 Å². The molecule has 1 aliphatic rings. The van der Waals surface area contributed by atoms with E-state index in [9.17, 15) is 9.59 Å². The van der Waals surface area contributed by atoms with E-state index in [2.05, 4.69) is 5.32 Å². The molecule has 142 valence electrons. The van der Waals surface area contributed by atoms with E-state index in [-0.39, 0.29) is 18.2 Å². The Bertz CT molecular complexity index is 884.